The van der Waals surface area contributed by atoms with Crippen molar-refractivity contribution in [2.24, 2.45) is 0 Å². The lowest BCUT2D eigenvalue weighted by atomic mass is 10.1. The van der Waals surface area contributed by atoms with E-state index in [0.717, 1.165) is 57.9 Å². The Balaban J connectivity index is 1.36. The second kappa shape index (κ2) is 14.1. The van der Waals surface area contributed by atoms with Crippen LogP contribution in [-0.4, -0.2) is 13.2 Å². The molecule has 3 rings (SSSR count). The van der Waals surface area contributed by atoms with Crippen LogP contribution in [0.25, 0.3) is 0 Å². The summed E-state index contributed by atoms with van der Waals surface area (Å²) in [6, 6.07) is 31.9. The molecule has 0 atom stereocenters. The summed E-state index contributed by atoms with van der Waals surface area (Å²) in [4.78, 5) is 0. The third-order valence-corrected chi connectivity index (χ3v) is 6.59. The van der Waals surface area contributed by atoms with E-state index in [9.17, 15) is 0 Å². The zero-order valence-corrected chi connectivity index (χ0v) is 18.7. The molecule has 3 aromatic rings. The molecule has 2 nitrogen and oxygen atoms in total. The second-order valence-corrected chi connectivity index (χ2v) is 9.03. The van der Waals surface area contributed by atoms with Gasteiger partial charge in [0.2, 0.25) is 0 Å². The molecule has 0 bridgehead atoms. The Morgan fingerprint density at radius 2 is 0.867 bits per heavy atom. The van der Waals surface area contributed by atoms with Gasteiger partial charge in [0.15, 0.2) is 8.38 Å². The zero-order valence-electron chi connectivity index (χ0n) is 17.8. The fourth-order valence-corrected chi connectivity index (χ4v) is 4.78. The van der Waals surface area contributed by atoms with Crippen LogP contribution in [0, 0.1) is 0 Å². The molecule has 0 spiro atoms. The molecule has 0 unspecified atom stereocenters. The van der Waals surface area contributed by atoms with Gasteiger partial charge in [0, 0.05) is 6.16 Å². The number of unbranched alkanes of at least 4 members (excludes halogenated alkanes) is 2. The smallest absolute Gasteiger partial charge is 0.175 e. The molecule has 3 aromatic carbocycles. The summed E-state index contributed by atoms with van der Waals surface area (Å²) in [6.45, 7) is 1.55. The predicted octanol–water partition coefficient (Wildman–Crippen LogP) is 7.58. The third kappa shape index (κ3) is 9.22. The molecular weight excluding hydrogens is 387 g/mol. The van der Waals surface area contributed by atoms with Crippen molar-refractivity contribution < 1.29 is 9.05 Å². The molecule has 0 aromatic heterocycles. The van der Waals surface area contributed by atoms with Gasteiger partial charge in [0.1, 0.15) is 0 Å². The summed E-state index contributed by atoms with van der Waals surface area (Å²) in [5, 5.41) is 0. The molecule has 0 aliphatic heterocycles. The van der Waals surface area contributed by atoms with E-state index >= 15 is 0 Å². The maximum absolute atomic E-state index is 6.19. The summed E-state index contributed by atoms with van der Waals surface area (Å²) in [7, 11) is -0.879. The molecule has 0 radical (unpaired) electrons. The van der Waals surface area contributed by atoms with Gasteiger partial charge in [-0.05, 0) is 55.2 Å². The minimum absolute atomic E-state index is 0.773. The molecule has 158 valence electrons. The van der Waals surface area contributed by atoms with E-state index in [1.807, 2.05) is 0 Å². The zero-order chi connectivity index (χ0) is 20.7. The van der Waals surface area contributed by atoms with Gasteiger partial charge in [-0.15, -0.1) is 0 Å². The van der Waals surface area contributed by atoms with E-state index in [1.165, 1.54) is 16.7 Å². The Morgan fingerprint density at radius 3 is 1.30 bits per heavy atom. The highest BCUT2D eigenvalue weighted by Crippen LogP contribution is 2.42. The van der Waals surface area contributed by atoms with Crippen molar-refractivity contribution in [3.8, 4) is 0 Å². The molecule has 0 heterocycles. The Hall–Kier alpha value is -1.99. The van der Waals surface area contributed by atoms with Gasteiger partial charge in [0.05, 0.1) is 13.2 Å². The SMILES string of the molecule is c1ccc(CCCCOP(Cc2ccccc2)OCCCCc2ccccc2)cc1. The van der Waals surface area contributed by atoms with E-state index in [-0.39, 0.29) is 0 Å². The van der Waals surface area contributed by atoms with Gasteiger partial charge in [0.25, 0.3) is 0 Å². The molecule has 0 aliphatic rings. The van der Waals surface area contributed by atoms with Crippen LogP contribution in [0.5, 0.6) is 0 Å². The van der Waals surface area contributed by atoms with Crippen molar-refractivity contribution in [1.82, 2.24) is 0 Å². The van der Waals surface area contributed by atoms with Crippen molar-refractivity contribution in [2.75, 3.05) is 13.2 Å². The van der Waals surface area contributed by atoms with Crippen LogP contribution in [0.4, 0.5) is 0 Å². The Labute approximate surface area is 183 Å². The first-order valence-electron chi connectivity index (χ1n) is 11.1. The highest BCUT2D eigenvalue weighted by atomic mass is 31.2. The van der Waals surface area contributed by atoms with E-state index in [0.29, 0.717) is 0 Å². The summed E-state index contributed by atoms with van der Waals surface area (Å²) in [5.74, 6) is 0. The van der Waals surface area contributed by atoms with Crippen LogP contribution in [0.2, 0.25) is 0 Å². The number of hydrogen-bond donors (Lipinski definition) is 0. The second-order valence-electron chi connectivity index (χ2n) is 7.53. The quantitative estimate of drug-likeness (QED) is 0.198. The molecule has 30 heavy (non-hydrogen) atoms. The molecule has 0 aliphatic carbocycles. The lowest BCUT2D eigenvalue weighted by Crippen LogP contribution is -1.99. The first kappa shape index (κ1) is 22.7. The van der Waals surface area contributed by atoms with Crippen LogP contribution < -0.4 is 0 Å². The monoisotopic (exact) mass is 420 g/mol. The summed E-state index contributed by atoms with van der Waals surface area (Å²) in [6.07, 6.45) is 7.53. The molecule has 0 saturated carbocycles. The van der Waals surface area contributed by atoms with Crippen molar-refractivity contribution in [1.29, 1.82) is 0 Å². The maximum atomic E-state index is 6.19. The maximum Gasteiger partial charge on any atom is 0.175 e. The molecule has 0 N–H and O–H groups in total. The van der Waals surface area contributed by atoms with Crippen molar-refractivity contribution in [3.05, 3.63) is 108 Å². The fourth-order valence-electron chi connectivity index (χ4n) is 3.35. The third-order valence-electron chi connectivity index (χ3n) is 5.03. The lowest BCUT2D eigenvalue weighted by molar-refractivity contribution is 0.240. The molecule has 0 saturated heterocycles. The topological polar surface area (TPSA) is 18.5 Å². The van der Waals surface area contributed by atoms with E-state index in [2.05, 4.69) is 91.0 Å². The highest BCUT2D eigenvalue weighted by molar-refractivity contribution is 7.46. The number of aryl methyl sites for hydroxylation is 2. The van der Waals surface area contributed by atoms with Crippen molar-refractivity contribution in [2.45, 2.75) is 44.7 Å². The highest BCUT2D eigenvalue weighted by Gasteiger charge is 2.12. The first-order chi connectivity index (χ1) is 14.9. The Kier molecular flexibility index (Phi) is 10.7. The van der Waals surface area contributed by atoms with Crippen LogP contribution >= 0.6 is 8.38 Å². The van der Waals surface area contributed by atoms with Crippen LogP contribution in [0.1, 0.15) is 42.4 Å². The standard InChI is InChI=1S/C27H33O2P/c1-4-14-25(15-5-1)18-10-12-22-28-30(24-27-20-8-3-9-21-27)29-23-13-11-19-26-16-6-2-7-17-26/h1-9,14-17,20-21H,10-13,18-19,22-24H2. The molecule has 3 heteroatoms. The summed E-state index contributed by atoms with van der Waals surface area (Å²) >= 11 is 0. The van der Waals surface area contributed by atoms with Gasteiger partial charge in [-0.25, -0.2) is 0 Å². The predicted molar refractivity (Wildman–Crippen MR) is 128 cm³/mol. The summed E-state index contributed by atoms with van der Waals surface area (Å²) in [5.41, 5.74) is 4.09. The first-order valence-corrected chi connectivity index (χ1v) is 12.4. The van der Waals surface area contributed by atoms with Crippen molar-refractivity contribution >= 4 is 8.38 Å². The largest absolute Gasteiger partial charge is 0.334 e. The van der Waals surface area contributed by atoms with Gasteiger partial charge >= 0.3 is 0 Å². The van der Waals surface area contributed by atoms with Gasteiger partial charge < -0.3 is 9.05 Å². The summed E-state index contributed by atoms with van der Waals surface area (Å²) < 4.78 is 12.4. The van der Waals surface area contributed by atoms with Crippen LogP contribution in [-0.2, 0) is 28.1 Å². The van der Waals surface area contributed by atoms with Crippen LogP contribution in [0.3, 0.4) is 0 Å². The van der Waals surface area contributed by atoms with E-state index in [4.69, 9.17) is 9.05 Å². The molecule has 0 fully saturated rings. The average Bonchev–Trinajstić information content (AvgIpc) is 2.80. The number of benzene rings is 3. The number of rotatable bonds is 14. The van der Waals surface area contributed by atoms with E-state index < -0.39 is 8.38 Å². The minimum atomic E-state index is -0.879. The van der Waals surface area contributed by atoms with Crippen molar-refractivity contribution in [3.63, 3.8) is 0 Å². The molecule has 0 amide bonds. The lowest BCUT2D eigenvalue weighted by Gasteiger charge is -2.18. The normalized spacial score (nSPS) is 11.1. The van der Waals surface area contributed by atoms with Crippen LogP contribution in [0.15, 0.2) is 91.0 Å². The average molecular weight is 421 g/mol. The molecular formula is C27H33O2P. The van der Waals surface area contributed by atoms with E-state index in [1.54, 1.807) is 0 Å². The van der Waals surface area contributed by atoms with Gasteiger partial charge in [-0.2, -0.15) is 0 Å². The fraction of sp³-hybridized carbons (Fsp3) is 0.333. The minimum Gasteiger partial charge on any atom is -0.334 e. The Bertz CT molecular complexity index is 743. The van der Waals surface area contributed by atoms with Gasteiger partial charge in [-0.3, -0.25) is 0 Å². The van der Waals surface area contributed by atoms with Gasteiger partial charge in [-0.1, -0.05) is 91.0 Å². The number of hydrogen-bond acceptors (Lipinski definition) is 2. The Morgan fingerprint density at radius 1 is 0.467 bits per heavy atom.